The molecule has 6 nitrogen and oxygen atoms in total. The minimum Gasteiger partial charge on any atom is -0.390 e. The minimum atomic E-state index is -0.981. The Morgan fingerprint density at radius 3 is 1.73 bits per heavy atom. The molecule has 3 aromatic rings. The molecule has 1 unspecified atom stereocenters. The lowest BCUT2D eigenvalue weighted by atomic mass is 9.79. The molecule has 0 spiro atoms. The molecular weight excluding hydrogens is 378 g/mol. The second kappa shape index (κ2) is 9.11. The predicted octanol–water partition coefficient (Wildman–Crippen LogP) is 4.43. The maximum atomic E-state index is 10.9. The summed E-state index contributed by atoms with van der Waals surface area (Å²) in [6.45, 7) is 0.368. The fourth-order valence-corrected chi connectivity index (χ4v) is 3.97. The van der Waals surface area contributed by atoms with Gasteiger partial charge in [0.2, 0.25) is 0 Å². The van der Waals surface area contributed by atoms with Crippen molar-refractivity contribution < 1.29 is 14.6 Å². The molecule has 3 aromatic carbocycles. The third-order valence-electron chi connectivity index (χ3n) is 5.41. The van der Waals surface area contributed by atoms with E-state index in [9.17, 15) is 5.11 Å². The van der Waals surface area contributed by atoms with Crippen LogP contribution in [-0.2, 0) is 15.1 Å². The van der Waals surface area contributed by atoms with Crippen LogP contribution in [0.15, 0.2) is 96.1 Å². The highest BCUT2D eigenvalue weighted by Crippen LogP contribution is 2.42. The van der Waals surface area contributed by atoms with Crippen molar-refractivity contribution in [1.29, 1.82) is 0 Å². The molecule has 0 aliphatic carbocycles. The molecule has 1 N–H and O–H groups in total. The maximum Gasteiger partial charge on any atom is 0.144 e. The summed E-state index contributed by atoms with van der Waals surface area (Å²) in [4.78, 5) is 2.84. The molecule has 1 heterocycles. The smallest absolute Gasteiger partial charge is 0.144 e. The Labute approximate surface area is 175 Å². The van der Waals surface area contributed by atoms with Crippen molar-refractivity contribution in [2.24, 2.45) is 5.11 Å². The average molecular weight is 401 g/mol. The molecule has 0 bridgehead atoms. The molecule has 152 valence electrons. The van der Waals surface area contributed by atoms with E-state index in [4.69, 9.17) is 15.0 Å². The quantitative estimate of drug-likeness (QED) is 0.287. The fourth-order valence-electron chi connectivity index (χ4n) is 3.97. The Balaban J connectivity index is 1.88. The predicted molar refractivity (Wildman–Crippen MR) is 114 cm³/mol. The summed E-state index contributed by atoms with van der Waals surface area (Å²) in [5.74, 6) is 0. The number of aliphatic hydroxyl groups excluding tert-OH is 1. The number of aliphatic hydroxyl groups is 1. The Hall–Kier alpha value is -3.15. The molecule has 1 fully saturated rings. The Bertz CT molecular complexity index is 895. The van der Waals surface area contributed by atoms with E-state index in [1.165, 1.54) is 0 Å². The highest BCUT2D eigenvalue weighted by molar-refractivity contribution is 5.47. The summed E-state index contributed by atoms with van der Waals surface area (Å²) >= 11 is 0. The Kier molecular flexibility index (Phi) is 6.12. The van der Waals surface area contributed by atoms with E-state index in [0.29, 0.717) is 0 Å². The van der Waals surface area contributed by atoms with Gasteiger partial charge in [-0.05, 0) is 22.2 Å². The fraction of sp³-hybridized carbons (Fsp3) is 0.250. The van der Waals surface area contributed by atoms with E-state index < -0.39 is 23.9 Å². The zero-order valence-corrected chi connectivity index (χ0v) is 16.4. The minimum absolute atomic E-state index is 0.167. The molecule has 1 aliphatic heterocycles. The van der Waals surface area contributed by atoms with E-state index in [0.717, 1.165) is 16.7 Å². The molecule has 6 heteroatoms. The van der Waals surface area contributed by atoms with Crippen molar-refractivity contribution in [2.75, 3.05) is 13.2 Å². The highest BCUT2D eigenvalue weighted by Gasteiger charge is 2.44. The third-order valence-corrected chi connectivity index (χ3v) is 5.41. The van der Waals surface area contributed by atoms with Gasteiger partial charge < -0.3 is 14.6 Å². The molecule has 3 atom stereocenters. The van der Waals surface area contributed by atoms with E-state index in [1.807, 2.05) is 91.0 Å². The van der Waals surface area contributed by atoms with Crippen molar-refractivity contribution in [3.8, 4) is 0 Å². The average Bonchev–Trinajstić information content (AvgIpc) is 2.82. The van der Waals surface area contributed by atoms with E-state index in [1.54, 1.807) is 0 Å². The van der Waals surface area contributed by atoms with Gasteiger partial charge in [0.05, 0.1) is 25.4 Å². The monoisotopic (exact) mass is 401 g/mol. The van der Waals surface area contributed by atoms with Crippen LogP contribution in [0.2, 0.25) is 0 Å². The number of nitrogens with zero attached hydrogens (tertiary/aromatic N) is 3. The first-order chi connectivity index (χ1) is 14.8. The summed E-state index contributed by atoms with van der Waals surface area (Å²) in [5, 5.41) is 14.6. The van der Waals surface area contributed by atoms with Crippen molar-refractivity contribution in [2.45, 2.75) is 23.9 Å². The Morgan fingerprint density at radius 1 is 0.833 bits per heavy atom. The van der Waals surface area contributed by atoms with Crippen LogP contribution < -0.4 is 0 Å². The van der Waals surface area contributed by atoms with Crippen LogP contribution in [0.4, 0.5) is 0 Å². The van der Waals surface area contributed by atoms with Crippen LogP contribution in [0.1, 0.15) is 16.7 Å². The van der Waals surface area contributed by atoms with Gasteiger partial charge >= 0.3 is 0 Å². The summed E-state index contributed by atoms with van der Waals surface area (Å²) in [5.41, 5.74) is 10.7. The Morgan fingerprint density at radius 2 is 1.30 bits per heavy atom. The van der Waals surface area contributed by atoms with Crippen molar-refractivity contribution in [3.05, 3.63) is 118 Å². The third kappa shape index (κ3) is 3.82. The zero-order valence-electron chi connectivity index (χ0n) is 16.4. The van der Waals surface area contributed by atoms with Gasteiger partial charge in [-0.25, -0.2) is 0 Å². The van der Waals surface area contributed by atoms with Gasteiger partial charge in [-0.1, -0.05) is 96.1 Å². The van der Waals surface area contributed by atoms with Gasteiger partial charge in [0, 0.05) is 4.91 Å². The van der Waals surface area contributed by atoms with Crippen molar-refractivity contribution >= 4 is 0 Å². The SMILES string of the molecule is [N-]=[N+]=NC1COC[C@@H](OC(c2ccccc2)(c2ccccc2)c2ccccc2)[C@H]1O. The summed E-state index contributed by atoms with van der Waals surface area (Å²) in [6, 6.07) is 29.1. The van der Waals surface area contributed by atoms with Gasteiger partial charge in [0.25, 0.3) is 0 Å². The molecule has 0 radical (unpaired) electrons. The summed E-state index contributed by atoms with van der Waals surface area (Å²) in [6.07, 6.45) is -1.67. The van der Waals surface area contributed by atoms with E-state index in [-0.39, 0.29) is 13.2 Å². The second-order valence-corrected chi connectivity index (χ2v) is 7.24. The number of ether oxygens (including phenoxy) is 2. The highest BCUT2D eigenvalue weighted by atomic mass is 16.6. The molecule has 4 rings (SSSR count). The summed E-state index contributed by atoms with van der Waals surface area (Å²) < 4.78 is 12.4. The number of benzene rings is 3. The van der Waals surface area contributed by atoms with Crippen LogP contribution in [0.25, 0.3) is 10.4 Å². The molecule has 1 aliphatic rings. The van der Waals surface area contributed by atoms with Gasteiger partial charge in [-0.2, -0.15) is 0 Å². The first-order valence-electron chi connectivity index (χ1n) is 9.90. The van der Waals surface area contributed by atoms with Crippen LogP contribution in [0, 0.1) is 0 Å². The van der Waals surface area contributed by atoms with Gasteiger partial charge in [0.15, 0.2) is 0 Å². The number of azide groups is 1. The molecule has 30 heavy (non-hydrogen) atoms. The molecule has 0 saturated carbocycles. The lowest BCUT2D eigenvalue weighted by Crippen LogP contribution is -2.51. The topological polar surface area (TPSA) is 87.5 Å². The van der Waals surface area contributed by atoms with E-state index in [2.05, 4.69) is 10.0 Å². The lowest BCUT2D eigenvalue weighted by molar-refractivity contribution is -0.164. The molecule has 1 saturated heterocycles. The lowest BCUT2D eigenvalue weighted by Gasteiger charge is -2.42. The van der Waals surface area contributed by atoms with Crippen LogP contribution in [-0.4, -0.2) is 36.6 Å². The van der Waals surface area contributed by atoms with Crippen molar-refractivity contribution in [3.63, 3.8) is 0 Å². The largest absolute Gasteiger partial charge is 0.390 e. The second-order valence-electron chi connectivity index (χ2n) is 7.24. The first-order valence-corrected chi connectivity index (χ1v) is 9.90. The molecular formula is C24H23N3O3. The summed E-state index contributed by atoms with van der Waals surface area (Å²) in [7, 11) is 0. The molecule has 0 amide bonds. The maximum absolute atomic E-state index is 10.9. The van der Waals surface area contributed by atoms with Crippen LogP contribution in [0.3, 0.4) is 0 Å². The van der Waals surface area contributed by atoms with E-state index >= 15 is 0 Å². The zero-order chi connectivity index (χ0) is 20.8. The van der Waals surface area contributed by atoms with Gasteiger partial charge in [-0.3, -0.25) is 0 Å². The number of hydrogen-bond acceptors (Lipinski definition) is 4. The van der Waals surface area contributed by atoms with Gasteiger partial charge in [-0.15, -0.1) is 0 Å². The normalized spacial score (nSPS) is 21.6. The molecule has 0 aromatic heterocycles. The van der Waals surface area contributed by atoms with Crippen LogP contribution in [0.5, 0.6) is 0 Å². The number of rotatable bonds is 6. The number of hydrogen-bond donors (Lipinski definition) is 1. The van der Waals surface area contributed by atoms with Gasteiger partial charge in [0.1, 0.15) is 11.7 Å². The van der Waals surface area contributed by atoms with Crippen LogP contribution >= 0.6 is 0 Å². The standard InChI is InChI=1S/C24H23N3O3/c25-27-26-21-16-29-17-22(23(21)28)30-24(18-10-4-1-5-11-18,19-12-6-2-7-13-19)20-14-8-3-9-15-20/h1-15,21-23,28H,16-17H2/t21?,22-,23+/m1/s1. The first kappa shape index (κ1) is 20.1. The van der Waals surface area contributed by atoms with Crippen molar-refractivity contribution in [1.82, 2.24) is 0 Å².